The van der Waals surface area contributed by atoms with Crippen molar-refractivity contribution in [1.29, 1.82) is 0 Å². The molecule has 1 heterocycles. The minimum atomic E-state index is 0.456. The number of rotatable bonds is 2. The highest BCUT2D eigenvalue weighted by Crippen LogP contribution is 2.35. The van der Waals surface area contributed by atoms with E-state index in [-0.39, 0.29) is 0 Å². The third-order valence-corrected chi connectivity index (χ3v) is 3.33. The summed E-state index contributed by atoms with van der Waals surface area (Å²) in [5.41, 5.74) is 12.3. The number of hydrogen-bond donors (Lipinski definition) is 2. The van der Waals surface area contributed by atoms with Crippen molar-refractivity contribution in [1.82, 2.24) is 4.98 Å². The molecule has 82 valence electrons. The van der Waals surface area contributed by atoms with Crippen LogP contribution >= 0.6 is 23.4 Å². The Hall–Kier alpha value is -1.39. The highest BCUT2D eigenvalue weighted by Gasteiger charge is 2.06. The van der Waals surface area contributed by atoms with Gasteiger partial charge < -0.3 is 11.5 Å². The first kappa shape index (κ1) is 11.1. The van der Waals surface area contributed by atoms with Crippen LogP contribution in [0.1, 0.15) is 0 Å². The zero-order valence-electron chi connectivity index (χ0n) is 8.35. The maximum absolute atomic E-state index is 5.86. The predicted molar refractivity (Wildman–Crippen MR) is 68.6 cm³/mol. The van der Waals surface area contributed by atoms with Crippen molar-refractivity contribution < 1.29 is 0 Å². The lowest BCUT2D eigenvalue weighted by Gasteiger charge is -2.06. The maximum atomic E-state index is 5.86. The van der Waals surface area contributed by atoms with Gasteiger partial charge in [-0.3, -0.25) is 0 Å². The molecule has 3 nitrogen and oxygen atoms in total. The summed E-state index contributed by atoms with van der Waals surface area (Å²) in [6.07, 6.45) is 1.52. The van der Waals surface area contributed by atoms with Crippen LogP contribution in [-0.4, -0.2) is 4.98 Å². The summed E-state index contributed by atoms with van der Waals surface area (Å²) >= 11 is 7.32. The largest absolute Gasteiger partial charge is 0.398 e. The molecule has 0 amide bonds. The van der Waals surface area contributed by atoms with Gasteiger partial charge in [-0.1, -0.05) is 35.5 Å². The van der Waals surface area contributed by atoms with Gasteiger partial charge in [-0.15, -0.1) is 0 Å². The van der Waals surface area contributed by atoms with Crippen LogP contribution in [0.15, 0.2) is 46.3 Å². The van der Waals surface area contributed by atoms with E-state index in [1.165, 1.54) is 18.0 Å². The van der Waals surface area contributed by atoms with Crippen LogP contribution in [0.2, 0.25) is 5.02 Å². The van der Waals surface area contributed by atoms with Gasteiger partial charge >= 0.3 is 0 Å². The zero-order valence-corrected chi connectivity index (χ0v) is 9.92. The molecule has 2 aromatic rings. The summed E-state index contributed by atoms with van der Waals surface area (Å²) in [7, 11) is 0. The highest BCUT2D eigenvalue weighted by atomic mass is 35.5. The van der Waals surface area contributed by atoms with E-state index >= 15 is 0 Å². The molecular weight excluding hydrogens is 242 g/mol. The molecule has 0 saturated carbocycles. The van der Waals surface area contributed by atoms with Gasteiger partial charge in [0.05, 0.1) is 9.92 Å². The van der Waals surface area contributed by atoms with E-state index in [4.69, 9.17) is 23.1 Å². The van der Waals surface area contributed by atoms with E-state index < -0.39 is 0 Å². The predicted octanol–water partition coefficient (Wildman–Crippen LogP) is 3.05. The fraction of sp³-hybridized carbons (Fsp3) is 0. The van der Waals surface area contributed by atoms with Crippen molar-refractivity contribution in [3.05, 3.63) is 41.6 Å². The molecule has 0 fully saturated rings. The number of nitrogens with two attached hydrogens (primary N) is 2. The molecule has 0 aliphatic heterocycles. The lowest BCUT2D eigenvalue weighted by atomic mass is 10.3. The molecule has 0 aliphatic rings. The smallest absolute Gasteiger partial charge is 0.137 e. The molecule has 0 aliphatic carbocycles. The van der Waals surface area contributed by atoms with Gasteiger partial charge in [0.2, 0.25) is 0 Å². The Morgan fingerprint density at radius 3 is 2.62 bits per heavy atom. The fourth-order valence-electron chi connectivity index (χ4n) is 1.20. The average molecular weight is 252 g/mol. The van der Waals surface area contributed by atoms with Crippen LogP contribution in [0.3, 0.4) is 0 Å². The maximum Gasteiger partial charge on any atom is 0.137 e. The summed E-state index contributed by atoms with van der Waals surface area (Å²) in [5.74, 6) is 0.456. The van der Waals surface area contributed by atoms with Crippen LogP contribution < -0.4 is 11.5 Å². The van der Waals surface area contributed by atoms with Crippen molar-refractivity contribution in [2.24, 2.45) is 0 Å². The van der Waals surface area contributed by atoms with Gasteiger partial charge in [0.1, 0.15) is 5.82 Å². The Balaban J connectivity index is 2.34. The molecule has 0 atom stereocenters. The molecule has 5 heteroatoms. The standard InChI is InChI=1S/C11H10ClN3S/c12-7-5-10(11(14)15-6-7)16-9-4-2-1-3-8(9)13/h1-6H,13H2,(H2,14,15). The molecular formula is C11H10ClN3S. The summed E-state index contributed by atoms with van der Waals surface area (Å²) in [5, 5.41) is 0.561. The number of anilines is 2. The summed E-state index contributed by atoms with van der Waals surface area (Å²) in [6.45, 7) is 0. The van der Waals surface area contributed by atoms with E-state index in [1.807, 2.05) is 24.3 Å². The summed E-state index contributed by atoms with van der Waals surface area (Å²) < 4.78 is 0. The third-order valence-electron chi connectivity index (χ3n) is 1.99. The molecule has 0 saturated heterocycles. The number of pyridine rings is 1. The molecule has 2 rings (SSSR count). The Kier molecular flexibility index (Phi) is 3.22. The molecule has 0 bridgehead atoms. The van der Waals surface area contributed by atoms with Gasteiger partial charge in [0.15, 0.2) is 0 Å². The van der Waals surface area contributed by atoms with E-state index in [0.29, 0.717) is 16.5 Å². The number of aromatic nitrogens is 1. The SMILES string of the molecule is Nc1ccccc1Sc1cc(Cl)cnc1N. The average Bonchev–Trinajstić information content (AvgIpc) is 2.27. The highest BCUT2D eigenvalue weighted by molar-refractivity contribution is 7.99. The first-order valence-corrected chi connectivity index (χ1v) is 5.79. The molecule has 1 aromatic heterocycles. The fourth-order valence-corrected chi connectivity index (χ4v) is 2.34. The molecule has 0 radical (unpaired) electrons. The number of para-hydroxylation sites is 1. The van der Waals surface area contributed by atoms with E-state index in [2.05, 4.69) is 4.98 Å². The summed E-state index contributed by atoms with van der Waals surface area (Å²) in [4.78, 5) is 5.74. The van der Waals surface area contributed by atoms with Crippen molar-refractivity contribution in [3.63, 3.8) is 0 Å². The minimum absolute atomic E-state index is 0.456. The number of halogens is 1. The molecule has 0 unspecified atom stereocenters. The number of benzene rings is 1. The Bertz CT molecular complexity index is 516. The van der Waals surface area contributed by atoms with Crippen molar-refractivity contribution in [3.8, 4) is 0 Å². The van der Waals surface area contributed by atoms with E-state index in [0.717, 1.165) is 9.79 Å². The van der Waals surface area contributed by atoms with Crippen LogP contribution in [0.25, 0.3) is 0 Å². The number of nitrogen functional groups attached to an aromatic ring is 2. The lowest BCUT2D eigenvalue weighted by molar-refractivity contribution is 1.25. The van der Waals surface area contributed by atoms with Crippen LogP contribution in [0.4, 0.5) is 11.5 Å². The Morgan fingerprint density at radius 2 is 1.88 bits per heavy atom. The second-order valence-electron chi connectivity index (χ2n) is 3.18. The lowest BCUT2D eigenvalue weighted by Crippen LogP contribution is -1.93. The second-order valence-corrected chi connectivity index (χ2v) is 4.70. The van der Waals surface area contributed by atoms with E-state index in [1.54, 1.807) is 6.07 Å². The quantitative estimate of drug-likeness (QED) is 0.806. The van der Waals surface area contributed by atoms with Crippen LogP contribution in [0, 0.1) is 0 Å². The molecule has 0 spiro atoms. The van der Waals surface area contributed by atoms with Crippen LogP contribution in [-0.2, 0) is 0 Å². The molecule has 1 aromatic carbocycles. The van der Waals surface area contributed by atoms with Gasteiger partial charge in [0, 0.05) is 16.8 Å². The van der Waals surface area contributed by atoms with Crippen LogP contribution in [0.5, 0.6) is 0 Å². The van der Waals surface area contributed by atoms with Gasteiger partial charge in [0.25, 0.3) is 0 Å². The number of hydrogen-bond acceptors (Lipinski definition) is 4. The monoisotopic (exact) mass is 251 g/mol. The first-order chi connectivity index (χ1) is 7.66. The van der Waals surface area contributed by atoms with E-state index in [9.17, 15) is 0 Å². The normalized spacial score (nSPS) is 10.3. The first-order valence-electron chi connectivity index (χ1n) is 4.60. The molecule has 16 heavy (non-hydrogen) atoms. The zero-order chi connectivity index (χ0) is 11.5. The minimum Gasteiger partial charge on any atom is -0.398 e. The van der Waals surface area contributed by atoms with Crippen molar-refractivity contribution >= 4 is 34.9 Å². The van der Waals surface area contributed by atoms with Crippen molar-refractivity contribution in [2.45, 2.75) is 9.79 Å². The third kappa shape index (κ3) is 2.40. The van der Waals surface area contributed by atoms with Gasteiger partial charge in [-0.25, -0.2) is 4.98 Å². The van der Waals surface area contributed by atoms with Gasteiger partial charge in [-0.05, 0) is 18.2 Å². The summed E-state index contributed by atoms with van der Waals surface area (Å²) in [6, 6.07) is 9.36. The van der Waals surface area contributed by atoms with Gasteiger partial charge in [-0.2, -0.15) is 0 Å². The number of nitrogens with zero attached hydrogens (tertiary/aromatic N) is 1. The topological polar surface area (TPSA) is 64.9 Å². The molecule has 4 N–H and O–H groups in total. The Labute approximate surface area is 103 Å². The Morgan fingerprint density at radius 1 is 1.12 bits per heavy atom. The second kappa shape index (κ2) is 4.63. The van der Waals surface area contributed by atoms with Crippen molar-refractivity contribution in [2.75, 3.05) is 11.5 Å².